The maximum atomic E-state index is 13.2. The van der Waals surface area contributed by atoms with Gasteiger partial charge in [0, 0.05) is 0 Å². The van der Waals surface area contributed by atoms with E-state index in [-0.39, 0.29) is 17.9 Å². The van der Waals surface area contributed by atoms with E-state index in [9.17, 15) is 24.4 Å². The number of halogens is 1. The topological polar surface area (TPSA) is 98.9 Å². The Morgan fingerprint density at radius 3 is 2.60 bits per heavy atom. The fourth-order valence-corrected chi connectivity index (χ4v) is 2.92. The lowest BCUT2D eigenvalue weighted by molar-refractivity contribution is -0.386. The first-order chi connectivity index (χ1) is 11.9. The lowest BCUT2D eigenvalue weighted by Gasteiger charge is -2.18. The highest BCUT2D eigenvalue weighted by molar-refractivity contribution is 5.84. The Morgan fingerprint density at radius 2 is 2.00 bits per heavy atom. The van der Waals surface area contributed by atoms with Gasteiger partial charge in [-0.1, -0.05) is 12.1 Å². The van der Waals surface area contributed by atoms with Gasteiger partial charge in [0.05, 0.1) is 17.1 Å². The molecule has 25 heavy (non-hydrogen) atoms. The summed E-state index contributed by atoms with van der Waals surface area (Å²) in [6.45, 7) is 1.69. The summed E-state index contributed by atoms with van der Waals surface area (Å²) in [7, 11) is 0. The molecular formula is C17H14FNO6. The second-order valence-corrected chi connectivity index (χ2v) is 5.42. The zero-order valence-electron chi connectivity index (χ0n) is 13.1. The van der Waals surface area contributed by atoms with E-state index in [2.05, 4.69) is 0 Å². The second kappa shape index (κ2) is 6.39. The number of benzene rings is 2. The molecule has 7 nitrogen and oxygen atoms in total. The van der Waals surface area contributed by atoms with E-state index in [4.69, 9.17) is 9.47 Å². The summed E-state index contributed by atoms with van der Waals surface area (Å²) in [5.41, 5.74) is -0.178. The zero-order valence-corrected chi connectivity index (χ0v) is 13.1. The average molecular weight is 347 g/mol. The summed E-state index contributed by atoms with van der Waals surface area (Å²) in [6.07, 6.45) is -0.921. The number of fused-ring (bicyclic) bond motifs is 1. The first-order valence-corrected chi connectivity index (χ1v) is 7.53. The Balaban J connectivity index is 2.16. The molecule has 0 aromatic heterocycles. The van der Waals surface area contributed by atoms with Crippen molar-refractivity contribution in [1.82, 2.24) is 0 Å². The van der Waals surface area contributed by atoms with Crippen LogP contribution in [0.1, 0.15) is 30.1 Å². The quantitative estimate of drug-likeness (QED) is 0.518. The lowest BCUT2D eigenvalue weighted by atomic mass is 9.90. The van der Waals surface area contributed by atoms with Gasteiger partial charge in [-0.05, 0) is 36.8 Å². The van der Waals surface area contributed by atoms with Gasteiger partial charge >= 0.3 is 11.7 Å². The van der Waals surface area contributed by atoms with Crippen molar-refractivity contribution in [2.24, 2.45) is 0 Å². The molecule has 0 spiro atoms. The predicted molar refractivity (Wildman–Crippen MR) is 83.9 cm³/mol. The smallest absolute Gasteiger partial charge is 0.318 e. The molecule has 1 aliphatic heterocycles. The summed E-state index contributed by atoms with van der Waals surface area (Å²) < 4.78 is 23.9. The number of hydrogen-bond donors (Lipinski definition) is 1. The molecule has 2 atom stereocenters. The minimum atomic E-state index is -1.15. The number of nitro groups is 1. The van der Waals surface area contributed by atoms with Gasteiger partial charge in [0.2, 0.25) is 0 Å². The number of hydrogen-bond acceptors (Lipinski definition) is 6. The van der Waals surface area contributed by atoms with Crippen molar-refractivity contribution in [2.45, 2.75) is 18.9 Å². The molecule has 1 aliphatic rings. The molecule has 2 unspecified atom stereocenters. The van der Waals surface area contributed by atoms with Crippen molar-refractivity contribution in [3.8, 4) is 11.5 Å². The van der Waals surface area contributed by atoms with Crippen LogP contribution in [0.4, 0.5) is 10.1 Å². The first kappa shape index (κ1) is 16.7. The number of rotatable bonds is 4. The van der Waals surface area contributed by atoms with E-state index in [1.807, 2.05) is 0 Å². The molecule has 0 amide bonds. The highest BCUT2D eigenvalue weighted by atomic mass is 19.1. The number of aromatic hydroxyl groups is 1. The number of esters is 1. The van der Waals surface area contributed by atoms with Crippen LogP contribution in [0.3, 0.4) is 0 Å². The minimum absolute atomic E-state index is 0.0437. The van der Waals surface area contributed by atoms with Gasteiger partial charge in [0.25, 0.3) is 0 Å². The Hall–Kier alpha value is -3.16. The third-order valence-corrected chi connectivity index (χ3v) is 3.95. The summed E-state index contributed by atoms with van der Waals surface area (Å²) in [4.78, 5) is 23.1. The molecule has 1 heterocycles. The molecule has 0 aliphatic carbocycles. The Labute approximate surface area is 141 Å². The van der Waals surface area contributed by atoms with Gasteiger partial charge in [0.1, 0.15) is 23.6 Å². The molecule has 0 saturated heterocycles. The number of phenolic OH excluding ortho intramolecular Hbond substituents is 1. The van der Waals surface area contributed by atoms with Crippen LogP contribution in [0.2, 0.25) is 0 Å². The van der Waals surface area contributed by atoms with Crippen molar-refractivity contribution in [3.05, 3.63) is 63.5 Å². The van der Waals surface area contributed by atoms with Crippen LogP contribution < -0.4 is 4.74 Å². The highest BCUT2D eigenvalue weighted by Crippen LogP contribution is 2.52. The van der Waals surface area contributed by atoms with Crippen LogP contribution in [0.25, 0.3) is 0 Å². The third-order valence-electron chi connectivity index (χ3n) is 3.95. The van der Waals surface area contributed by atoms with E-state index in [1.54, 1.807) is 6.92 Å². The van der Waals surface area contributed by atoms with E-state index < -0.39 is 40.2 Å². The van der Waals surface area contributed by atoms with E-state index in [0.29, 0.717) is 5.56 Å². The molecule has 2 aromatic rings. The average Bonchev–Trinajstić information content (AvgIpc) is 2.94. The van der Waals surface area contributed by atoms with Crippen LogP contribution in [0, 0.1) is 15.9 Å². The number of nitrogens with zero attached hydrogens (tertiary/aromatic N) is 1. The number of phenols is 1. The van der Waals surface area contributed by atoms with E-state index in [0.717, 1.165) is 6.07 Å². The zero-order chi connectivity index (χ0) is 18.1. The van der Waals surface area contributed by atoms with Gasteiger partial charge in [0.15, 0.2) is 5.75 Å². The normalized spacial score (nSPS) is 18.3. The molecule has 0 radical (unpaired) electrons. The second-order valence-electron chi connectivity index (χ2n) is 5.42. The molecule has 130 valence electrons. The molecule has 8 heteroatoms. The predicted octanol–water partition coefficient (Wildman–Crippen LogP) is 3.22. The maximum absolute atomic E-state index is 13.2. The van der Waals surface area contributed by atoms with Crippen molar-refractivity contribution < 1.29 is 28.7 Å². The maximum Gasteiger partial charge on any atom is 0.318 e. The molecule has 0 saturated carbocycles. The van der Waals surface area contributed by atoms with Crippen LogP contribution in [-0.4, -0.2) is 22.6 Å². The van der Waals surface area contributed by atoms with Crippen molar-refractivity contribution in [3.63, 3.8) is 0 Å². The van der Waals surface area contributed by atoms with Crippen molar-refractivity contribution >= 4 is 11.7 Å². The number of ether oxygens (including phenoxy) is 2. The SMILES string of the molecule is CCOC(=O)C1c2c(ccc(O)c2[N+](=O)[O-])OC1c1ccc(F)cc1. The summed E-state index contributed by atoms with van der Waals surface area (Å²) in [5, 5.41) is 21.3. The standard InChI is InChI=1S/C17H14FNO6/c1-2-24-17(21)14-13-12(8-7-11(20)15(13)19(22)23)25-16(14)9-3-5-10(18)6-4-9/h3-8,14,16,20H,2H2,1H3. The highest BCUT2D eigenvalue weighted by Gasteiger charge is 2.47. The van der Waals surface area contributed by atoms with Gasteiger partial charge in [-0.15, -0.1) is 0 Å². The van der Waals surface area contributed by atoms with Crippen LogP contribution in [0.15, 0.2) is 36.4 Å². The van der Waals surface area contributed by atoms with Crippen LogP contribution in [-0.2, 0) is 9.53 Å². The largest absolute Gasteiger partial charge is 0.502 e. The molecule has 2 aromatic carbocycles. The van der Waals surface area contributed by atoms with Crippen molar-refractivity contribution in [1.29, 1.82) is 0 Å². The fraction of sp³-hybridized carbons (Fsp3) is 0.235. The summed E-state index contributed by atoms with van der Waals surface area (Å²) in [5.74, 6) is -2.79. The number of carbonyl (C=O) groups is 1. The molecule has 1 N–H and O–H groups in total. The van der Waals surface area contributed by atoms with Crippen LogP contribution in [0.5, 0.6) is 11.5 Å². The van der Waals surface area contributed by atoms with E-state index in [1.165, 1.54) is 30.3 Å². The minimum Gasteiger partial charge on any atom is -0.502 e. The van der Waals surface area contributed by atoms with E-state index >= 15 is 0 Å². The number of carbonyl (C=O) groups excluding carboxylic acids is 1. The Bertz CT molecular complexity index is 836. The summed E-state index contributed by atoms with van der Waals surface area (Å²) in [6, 6.07) is 7.76. The van der Waals surface area contributed by atoms with Gasteiger partial charge < -0.3 is 14.6 Å². The van der Waals surface area contributed by atoms with Gasteiger partial charge in [-0.2, -0.15) is 0 Å². The van der Waals surface area contributed by atoms with Gasteiger partial charge in [-0.25, -0.2) is 4.39 Å². The monoisotopic (exact) mass is 347 g/mol. The van der Waals surface area contributed by atoms with Crippen LogP contribution >= 0.6 is 0 Å². The van der Waals surface area contributed by atoms with Gasteiger partial charge in [-0.3, -0.25) is 14.9 Å². The molecule has 0 fully saturated rings. The number of nitro benzene ring substituents is 1. The fourth-order valence-electron chi connectivity index (χ4n) is 2.92. The molecule has 0 bridgehead atoms. The molecular weight excluding hydrogens is 333 g/mol. The molecule has 3 rings (SSSR count). The van der Waals surface area contributed by atoms with Crippen molar-refractivity contribution in [2.75, 3.05) is 6.61 Å². The first-order valence-electron chi connectivity index (χ1n) is 7.53. The Kier molecular flexibility index (Phi) is 4.26. The third kappa shape index (κ3) is 2.86. The lowest BCUT2D eigenvalue weighted by Crippen LogP contribution is -2.21. The summed E-state index contributed by atoms with van der Waals surface area (Å²) >= 11 is 0. The Morgan fingerprint density at radius 1 is 1.32 bits per heavy atom.